The van der Waals surface area contributed by atoms with Gasteiger partial charge in [-0.25, -0.2) is 4.39 Å². The quantitative estimate of drug-likeness (QED) is 0.380. The van der Waals surface area contributed by atoms with Crippen molar-refractivity contribution in [3.63, 3.8) is 0 Å². The van der Waals surface area contributed by atoms with Crippen LogP contribution in [0.2, 0.25) is 0 Å². The summed E-state index contributed by atoms with van der Waals surface area (Å²) in [5, 5.41) is 0. The van der Waals surface area contributed by atoms with Crippen LogP contribution in [-0.2, 0) is 9.47 Å². The van der Waals surface area contributed by atoms with Crippen molar-refractivity contribution < 1.29 is 13.9 Å². The molecule has 0 rings (SSSR count). The lowest BCUT2D eigenvalue weighted by Gasteiger charge is -2.13. The van der Waals surface area contributed by atoms with E-state index >= 15 is 0 Å². The number of hydrogen-bond donors (Lipinski definition) is 0. The first-order chi connectivity index (χ1) is 9.56. The molecule has 3 heteroatoms. The molecule has 0 aliphatic carbocycles. The van der Waals surface area contributed by atoms with Crippen LogP contribution in [0.25, 0.3) is 0 Å². The van der Waals surface area contributed by atoms with Gasteiger partial charge in [-0.2, -0.15) is 0 Å². The smallest absolute Gasteiger partial charge is 0.0849 e. The Morgan fingerprint density at radius 1 is 0.900 bits per heavy atom. The molecule has 0 aromatic carbocycles. The second-order valence-corrected chi connectivity index (χ2v) is 5.92. The molecule has 0 spiro atoms. The zero-order valence-electron chi connectivity index (χ0n) is 13.5. The van der Waals surface area contributed by atoms with E-state index in [9.17, 15) is 4.39 Å². The zero-order chi connectivity index (χ0) is 15.2. The third kappa shape index (κ3) is 13.8. The van der Waals surface area contributed by atoms with Crippen LogP contribution < -0.4 is 0 Å². The van der Waals surface area contributed by atoms with Gasteiger partial charge in [0.25, 0.3) is 0 Å². The highest BCUT2D eigenvalue weighted by Gasteiger charge is 2.04. The molecular formula is C17H31FO2. The Morgan fingerprint density at radius 2 is 1.55 bits per heavy atom. The van der Waals surface area contributed by atoms with Crippen molar-refractivity contribution in [2.24, 2.45) is 17.8 Å². The van der Waals surface area contributed by atoms with Crippen LogP contribution in [0.15, 0.2) is 24.6 Å². The molecule has 2 nitrogen and oxygen atoms in total. The third-order valence-corrected chi connectivity index (χ3v) is 2.95. The van der Waals surface area contributed by atoms with Gasteiger partial charge in [0.15, 0.2) is 0 Å². The van der Waals surface area contributed by atoms with Crippen molar-refractivity contribution in [1.29, 1.82) is 0 Å². The Labute approximate surface area is 124 Å². The summed E-state index contributed by atoms with van der Waals surface area (Å²) in [5.74, 6) is 1.66. The van der Waals surface area contributed by atoms with Gasteiger partial charge in [0.2, 0.25) is 0 Å². The molecule has 0 saturated heterocycles. The molecule has 0 radical (unpaired) electrons. The first-order valence-electron chi connectivity index (χ1n) is 7.63. The van der Waals surface area contributed by atoms with Gasteiger partial charge in [0.1, 0.15) is 0 Å². The predicted octanol–water partition coefficient (Wildman–Crippen LogP) is 4.77. The molecule has 0 N–H and O–H groups in total. The molecule has 0 aromatic rings. The van der Waals surface area contributed by atoms with E-state index in [4.69, 9.17) is 9.47 Å². The standard InChI is InChI=1S/C17H31FO2/c1-15(2)13-19-11-5-7-16(3)8-9-17(4)14-20-12-6-10-18/h5-7,10,15-17H,8-9,11-14H2,1-4H3/b7-5+,10-6+. The summed E-state index contributed by atoms with van der Waals surface area (Å²) in [6.45, 7) is 11.3. The number of rotatable bonds is 12. The van der Waals surface area contributed by atoms with Crippen molar-refractivity contribution in [1.82, 2.24) is 0 Å². The van der Waals surface area contributed by atoms with Crippen LogP contribution in [0.4, 0.5) is 4.39 Å². The number of halogens is 1. The summed E-state index contributed by atoms with van der Waals surface area (Å²) < 4.78 is 22.6. The number of allylic oxidation sites excluding steroid dienone is 1. The highest BCUT2D eigenvalue weighted by Crippen LogP contribution is 2.13. The number of hydrogen-bond acceptors (Lipinski definition) is 2. The largest absolute Gasteiger partial charge is 0.377 e. The molecule has 0 aliphatic heterocycles. The third-order valence-electron chi connectivity index (χ3n) is 2.95. The van der Waals surface area contributed by atoms with E-state index in [1.165, 1.54) is 6.08 Å². The maximum absolute atomic E-state index is 11.7. The number of ether oxygens (including phenoxy) is 2. The molecular weight excluding hydrogens is 255 g/mol. The minimum atomic E-state index is 0.365. The van der Waals surface area contributed by atoms with Crippen molar-refractivity contribution >= 4 is 0 Å². The van der Waals surface area contributed by atoms with E-state index in [1.54, 1.807) is 0 Å². The summed E-state index contributed by atoms with van der Waals surface area (Å²) in [6, 6.07) is 0. The van der Waals surface area contributed by atoms with Crippen LogP contribution in [-0.4, -0.2) is 26.4 Å². The van der Waals surface area contributed by atoms with Crippen LogP contribution in [0.3, 0.4) is 0 Å². The Bertz CT molecular complexity index is 262. The molecule has 0 amide bonds. The summed E-state index contributed by atoms with van der Waals surface area (Å²) in [5.41, 5.74) is 0. The fourth-order valence-corrected chi connectivity index (χ4v) is 1.76. The lowest BCUT2D eigenvalue weighted by molar-refractivity contribution is 0.123. The van der Waals surface area contributed by atoms with Gasteiger partial charge in [0, 0.05) is 13.2 Å². The predicted molar refractivity (Wildman–Crippen MR) is 83.4 cm³/mol. The maximum Gasteiger partial charge on any atom is 0.0849 e. The summed E-state index contributed by atoms with van der Waals surface area (Å²) in [6.07, 6.45) is 8.51. The van der Waals surface area contributed by atoms with Crippen molar-refractivity contribution in [3.8, 4) is 0 Å². The first kappa shape index (κ1) is 19.3. The van der Waals surface area contributed by atoms with Crippen molar-refractivity contribution in [2.45, 2.75) is 40.5 Å². The summed E-state index contributed by atoms with van der Waals surface area (Å²) >= 11 is 0. The van der Waals surface area contributed by atoms with Crippen molar-refractivity contribution in [3.05, 3.63) is 24.6 Å². The molecule has 0 heterocycles. The molecule has 0 aromatic heterocycles. The normalized spacial score (nSPS) is 15.5. The molecule has 0 aliphatic rings. The Kier molecular flexibility index (Phi) is 12.9. The first-order valence-corrected chi connectivity index (χ1v) is 7.63. The molecule has 20 heavy (non-hydrogen) atoms. The second-order valence-electron chi connectivity index (χ2n) is 5.92. The summed E-state index contributed by atoms with van der Waals surface area (Å²) in [7, 11) is 0. The Balaban J connectivity index is 3.55. The van der Waals surface area contributed by atoms with Gasteiger partial charge < -0.3 is 9.47 Å². The van der Waals surface area contributed by atoms with Gasteiger partial charge in [-0.1, -0.05) is 39.8 Å². The van der Waals surface area contributed by atoms with E-state index in [1.807, 2.05) is 0 Å². The highest BCUT2D eigenvalue weighted by molar-refractivity contribution is 4.86. The van der Waals surface area contributed by atoms with Crippen molar-refractivity contribution in [2.75, 3.05) is 26.4 Å². The van der Waals surface area contributed by atoms with E-state index in [0.29, 0.717) is 43.9 Å². The Morgan fingerprint density at radius 3 is 2.20 bits per heavy atom. The average molecular weight is 286 g/mol. The van der Waals surface area contributed by atoms with Crippen LogP contribution in [0.1, 0.15) is 40.5 Å². The minimum Gasteiger partial charge on any atom is -0.377 e. The fourth-order valence-electron chi connectivity index (χ4n) is 1.76. The van der Waals surface area contributed by atoms with Crippen LogP contribution in [0, 0.1) is 17.8 Å². The molecule has 0 fully saturated rings. The van der Waals surface area contributed by atoms with Gasteiger partial charge in [-0.15, -0.1) is 0 Å². The lowest BCUT2D eigenvalue weighted by Crippen LogP contribution is -2.07. The Hall–Kier alpha value is -0.670. The maximum atomic E-state index is 11.7. The van der Waals surface area contributed by atoms with E-state index in [0.717, 1.165) is 19.4 Å². The molecule has 2 atom stereocenters. The van der Waals surface area contributed by atoms with E-state index < -0.39 is 0 Å². The van der Waals surface area contributed by atoms with Gasteiger partial charge in [-0.05, 0) is 36.7 Å². The second kappa shape index (κ2) is 13.3. The molecule has 118 valence electrons. The van der Waals surface area contributed by atoms with E-state index in [2.05, 4.69) is 39.8 Å². The monoisotopic (exact) mass is 286 g/mol. The average Bonchev–Trinajstić information content (AvgIpc) is 2.40. The minimum absolute atomic E-state index is 0.365. The molecule has 2 unspecified atom stereocenters. The molecule has 0 bridgehead atoms. The van der Waals surface area contributed by atoms with E-state index in [-0.39, 0.29) is 0 Å². The van der Waals surface area contributed by atoms with Gasteiger partial charge >= 0.3 is 0 Å². The van der Waals surface area contributed by atoms with Crippen LogP contribution >= 0.6 is 0 Å². The SMILES string of the molecule is CC(C)COC/C=C/C(C)CCC(C)COC/C=C/F. The van der Waals surface area contributed by atoms with Gasteiger partial charge in [-0.3, -0.25) is 0 Å². The molecule has 0 saturated carbocycles. The zero-order valence-corrected chi connectivity index (χ0v) is 13.5. The lowest BCUT2D eigenvalue weighted by atomic mass is 9.98. The highest BCUT2D eigenvalue weighted by atomic mass is 19.1. The van der Waals surface area contributed by atoms with Gasteiger partial charge in [0.05, 0.1) is 19.5 Å². The fraction of sp³-hybridized carbons (Fsp3) is 0.765. The summed E-state index contributed by atoms with van der Waals surface area (Å²) in [4.78, 5) is 0. The van der Waals surface area contributed by atoms with Crippen LogP contribution in [0.5, 0.6) is 0 Å². The topological polar surface area (TPSA) is 18.5 Å².